The number of carbonyl (C=O) groups is 1. The highest BCUT2D eigenvalue weighted by atomic mass is 35.5. The van der Waals surface area contributed by atoms with Gasteiger partial charge in [-0.1, -0.05) is 18.0 Å². The second kappa shape index (κ2) is 7.77. The molecule has 4 atom stereocenters. The van der Waals surface area contributed by atoms with Crippen molar-refractivity contribution in [3.8, 4) is 5.75 Å². The van der Waals surface area contributed by atoms with E-state index < -0.39 is 0 Å². The topological polar surface area (TPSA) is 38.3 Å². The van der Waals surface area contributed by atoms with Gasteiger partial charge in [-0.2, -0.15) is 0 Å². The van der Waals surface area contributed by atoms with Crippen LogP contribution in [-0.4, -0.2) is 18.6 Å². The van der Waals surface area contributed by atoms with E-state index in [9.17, 15) is 4.79 Å². The molecule has 132 valence electrons. The molecule has 1 amide bonds. The molecule has 3 nitrogen and oxygen atoms in total. The van der Waals surface area contributed by atoms with Gasteiger partial charge in [0.15, 0.2) is 0 Å². The van der Waals surface area contributed by atoms with E-state index in [2.05, 4.69) is 12.2 Å². The standard InChI is InChI=1S/C20H28ClNO2/c1-13-10-17(21)7-8-19(13)24-9-3-4-20(23)22-14(2)18-12-15-5-6-16(18)11-15/h7-8,10,14-16,18H,3-6,9,11-12H2,1-2H3,(H,22,23)/t14-,15-,16-,18-/m0/s1. The quantitative estimate of drug-likeness (QED) is 0.721. The Labute approximate surface area is 150 Å². The Morgan fingerprint density at radius 1 is 1.38 bits per heavy atom. The number of nitrogens with one attached hydrogen (secondary N) is 1. The summed E-state index contributed by atoms with van der Waals surface area (Å²) in [6, 6.07) is 5.91. The van der Waals surface area contributed by atoms with Gasteiger partial charge in [-0.3, -0.25) is 4.79 Å². The summed E-state index contributed by atoms with van der Waals surface area (Å²) in [4.78, 5) is 12.2. The van der Waals surface area contributed by atoms with Gasteiger partial charge in [0.2, 0.25) is 5.91 Å². The molecule has 2 fully saturated rings. The fourth-order valence-corrected chi connectivity index (χ4v) is 4.76. The Kier molecular flexibility index (Phi) is 5.70. The number of halogens is 1. The second-order valence-corrected chi connectivity index (χ2v) is 7.99. The Morgan fingerprint density at radius 3 is 2.88 bits per heavy atom. The second-order valence-electron chi connectivity index (χ2n) is 7.56. The van der Waals surface area contributed by atoms with Crippen LogP contribution in [0.5, 0.6) is 5.75 Å². The summed E-state index contributed by atoms with van der Waals surface area (Å²) in [5.41, 5.74) is 1.02. The molecule has 0 aromatic heterocycles. The van der Waals surface area contributed by atoms with Crippen molar-refractivity contribution in [3.05, 3.63) is 28.8 Å². The lowest BCUT2D eigenvalue weighted by molar-refractivity contribution is -0.122. The minimum absolute atomic E-state index is 0.154. The first-order chi connectivity index (χ1) is 11.5. The van der Waals surface area contributed by atoms with E-state index in [1.807, 2.05) is 25.1 Å². The summed E-state index contributed by atoms with van der Waals surface area (Å²) >= 11 is 5.94. The first-order valence-corrected chi connectivity index (χ1v) is 9.59. The zero-order chi connectivity index (χ0) is 17.1. The van der Waals surface area contributed by atoms with Crippen LogP contribution in [0.4, 0.5) is 0 Å². The number of ether oxygens (including phenoxy) is 1. The molecule has 0 heterocycles. The highest BCUT2D eigenvalue weighted by Gasteiger charge is 2.41. The zero-order valence-corrected chi connectivity index (χ0v) is 15.4. The fraction of sp³-hybridized carbons (Fsp3) is 0.650. The summed E-state index contributed by atoms with van der Waals surface area (Å²) in [5, 5.41) is 3.93. The van der Waals surface area contributed by atoms with Crippen molar-refractivity contribution in [2.24, 2.45) is 17.8 Å². The van der Waals surface area contributed by atoms with Gasteiger partial charge >= 0.3 is 0 Å². The van der Waals surface area contributed by atoms with Gasteiger partial charge in [0.05, 0.1) is 6.61 Å². The van der Waals surface area contributed by atoms with Crippen LogP contribution in [0, 0.1) is 24.7 Å². The van der Waals surface area contributed by atoms with Crippen LogP contribution in [0.3, 0.4) is 0 Å². The molecule has 1 aromatic carbocycles. The Balaban J connectivity index is 1.35. The molecule has 24 heavy (non-hydrogen) atoms. The van der Waals surface area contributed by atoms with Gasteiger partial charge in [-0.15, -0.1) is 0 Å². The van der Waals surface area contributed by atoms with Gasteiger partial charge in [0.25, 0.3) is 0 Å². The molecule has 2 aliphatic carbocycles. The molecule has 0 radical (unpaired) electrons. The molecule has 2 aliphatic rings. The molecule has 0 spiro atoms. The van der Waals surface area contributed by atoms with Crippen LogP contribution in [0.1, 0.15) is 51.0 Å². The third-order valence-corrected chi connectivity index (χ3v) is 6.00. The van der Waals surface area contributed by atoms with Crippen LogP contribution < -0.4 is 10.1 Å². The summed E-state index contributed by atoms with van der Waals surface area (Å²) in [6.45, 7) is 4.71. The molecule has 3 rings (SSSR count). The predicted molar refractivity (Wildman–Crippen MR) is 97.5 cm³/mol. The normalized spacial score (nSPS) is 26.4. The minimum Gasteiger partial charge on any atom is -0.493 e. The van der Waals surface area contributed by atoms with E-state index in [-0.39, 0.29) is 5.91 Å². The zero-order valence-electron chi connectivity index (χ0n) is 14.7. The average molecular weight is 350 g/mol. The van der Waals surface area contributed by atoms with E-state index in [0.717, 1.165) is 29.6 Å². The summed E-state index contributed by atoms with van der Waals surface area (Å²) in [6.07, 6.45) is 6.73. The number of amides is 1. The van der Waals surface area contributed by atoms with Crippen molar-refractivity contribution < 1.29 is 9.53 Å². The summed E-state index contributed by atoms with van der Waals surface area (Å²) in [7, 11) is 0. The van der Waals surface area contributed by atoms with Gasteiger partial charge in [-0.05, 0) is 81.0 Å². The van der Waals surface area contributed by atoms with Gasteiger partial charge in [-0.25, -0.2) is 0 Å². The number of hydrogen-bond donors (Lipinski definition) is 1. The van der Waals surface area contributed by atoms with E-state index in [1.165, 1.54) is 25.7 Å². The number of aryl methyl sites for hydroxylation is 1. The summed E-state index contributed by atoms with van der Waals surface area (Å²) < 4.78 is 5.75. The van der Waals surface area contributed by atoms with Crippen molar-refractivity contribution in [2.75, 3.05) is 6.61 Å². The molecule has 2 bridgehead atoms. The van der Waals surface area contributed by atoms with Gasteiger partial charge in [0, 0.05) is 17.5 Å². The van der Waals surface area contributed by atoms with Crippen LogP contribution in [-0.2, 0) is 4.79 Å². The fourth-order valence-electron chi connectivity index (χ4n) is 4.53. The minimum atomic E-state index is 0.154. The first-order valence-electron chi connectivity index (χ1n) is 9.21. The van der Waals surface area contributed by atoms with Crippen LogP contribution in [0.25, 0.3) is 0 Å². The molecule has 1 N–H and O–H groups in total. The molecule has 1 aromatic rings. The van der Waals surface area contributed by atoms with Crippen molar-refractivity contribution in [2.45, 2.75) is 58.4 Å². The monoisotopic (exact) mass is 349 g/mol. The molecular weight excluding hydrogens is 322 g/mol. The van der Waals surface area contributed by atoms with E-state index in [1.54, 1.807) is 0 Å². The van der Waals surface area contributed by atoms with Crippen LogP contribution in [0.15, 0.2) is 18.2 Å². The van der Waals surface area contributed by atoms with E-state index in [0.29, 0.717) is 30.0 Å². The lowest BCUT2D eigenvalue weighted by atomic mass is 9.84. The van der Waals surface area contributed by atoms with Gasteiger partial charge < -0.3 is 10.1 Å². The summed E-state index contributed by atoms with van der Waals surface area (Å²) in [5.74, 6) is 3.47. The van der Waals surface area contributed by atoms with Crippen molar-refractivity contribution >= 4 is 17.5 Å². The Morgan fingerprint density at radius 2 is 2.21 bits per heavy atom. The smallest absolute Gasteiger partial charge is 0.220 e. The number of rotatable bonds is 7. The number of benzene rings is 1. The lowest BCUT2D eigenvalue weighted by Crippen LogP contribution is -2.40. The Hall–Kier alpha value is -1.22. The van der Waals surface area contributed by atoms with Gasteiger partial charge in [0.1, 0.15) is 5.75 Å². The van der Waals surface area contributed by atoms with E-state index >= 15 is 0 Å². The molecule has 0 unspecified atom stereocenters. The van der Waals surface area contributed by atoms with Crippen LogP contribution in [0.2, 0.25) is 5.02 Å². The van der Waals surface area contributed by atoms with Crippen molar-refractivity contribution in [1.82, 2.24) is 5.32 Å². The molecule has 0 aliphatic heterocycles. The third kappa shape index (κ3) is 4.24. The number of hydrogen-bond acceptors (Lipinski definition) is 2. The van der Waals surface area contributed by atoms with Crippen molar-refractivity contribution in [3.63, 3.8) is 0 Å². The first kappa shape index (κ1) is 17.6. The predicted octanol–water partition coefficient (Wildman–Crippen LogP) is 4.75. The van der Waals surface area contributed by atoms with Crippen molar-refractivity contribution in [1.29, 1.82) is 0 Å². The highest BCUT2D eigenvalue weighted by Crippen LogP contribution is 2.49. The SMILES string of the molecule is Cc1cc(Cl)ccc1OCCCC(=O)N[C@@H](C)[C@@H]1C[C@H]2CC[C@H]1C2. The molecule has 0 saturated heterocycles. The number of carbonyl (C=O) groups excluding carboxylic acids is 1. The largest absolute Gasteiger partial charge is 0.493 e. The number of fused-ring (bicyclic) bond motifs is 2. The lowest BCUT2D eigenvalue weighted by Gasteiger charge is -2.28. The van der Waals surface area contributed by atoms with Crippen LogP contribution >= 0.6 is 11.6 Å². The maximum absolute atomic E-state index is 12.2. The maximum Gasteiger partial charge on any atom is 0.220 e. The maximum atomic E-state index is 12.2. The third-order valence-electron chi connectivity index (χ3n) is 5.77. The Bertz CT molecular complexity index is 589. The molecule has 4 heteroatoms. The average Bonchev–Trinajstić information content (AvgIpc) is 3.16. The molecular formula is C20H28ClNO2. The molecule has 2 saturated carbocycles. The highest BCUT2D eigenvalue weighted by molar-refractivity contribution is 6.30. The van der Waals surface area contributed by atoms with E-state index in [4.69, 9.17) is 16.3 Å².